The molecule has 0 radical (unpaired) electrons. The molecule has 100 valence electrons. The van der Waals surface area contributed by atoms with Gasteiger partial charge in [-0.1, -0.05) is 6.08 Å². The zero-order valence-corrected chi connectivity index (χ0v) is 11.3. The molecule has 6 heteroatoms. The van der Waals surface area contributed by atoms with E-state index in [1.54, 1.807) is 30.1 Å². The summed E-state index contributed by atoms with van der Waals surface area (Å²) in [6.45, 7) is 1.66. The highest BCUT2D eigenvalue weighted by Gasteiger charge is 2.27. The number of hydrogen-bond acceptors (Lipinski definition) is 5. The monoisotopic (exact) mass is 277 g/mol. The van der Waals surface area contributed by atoms with Crippen LogP contribution < -0.4 is 0 Å². The molecule has 1 atom stereocenters. The van der Waals surface area contributed by atoms with Crippen molar-refractivity contribution >= 4 is 35.6 Å². The molecular weight excluding hydrogens is 262 g/mol. The SMILES string of the molecule is O=C1N=C(CSC2CCOCC2)N=C2N=CC=CC12. The first-order valence-corrected chi connectivity index (χ1v) is 7.48. The van der Waals surface area contributed by atoms with Crippen LogP contribution in [0.5, 0.6) is 0 Å². The molecule has 0 bridgehead atoms. The second-order valence-electron chi connectivity index (χ2n) is 4.60. The van der Waals surface area contributed by atoms with Crippen LogP contribution in [0.1, 0.15) is 12.8 Å². The molecule has 0 aromatic carbocycles. The van der Waals surface area contributed by atoms with Crippen LogP contribution in [0.3, 0.4) is 0 Å². The summed E-state index contributed by atoms with van der Waals surface area (Å²) < 4.78 is 5.33. The van der Waals surface area contributed by atoms with Crippen molar-refractivity contribution in [2.24, 2.45) is 20.9 Å². The number of nitrogens with zero attached hydrogens (tertiary/aromatic N) is 3. The number of aliphatic imine (C=N–C) groups is 3. The molecule has 3 rings (SSSR count). The maximum absolute atomic E-state index is 11.9. The quantitative estimate of drug-likeness (QED) is 0.785. The molecule has 0 N–H and O–H groups in total. The van der Waals surface area contributed by atoms with Crippen LogP contribution >= 0.6 is 11.8 Å². The number of hydrogen-bond donors (Lipinski definition) is 0. The number of carbonyl (C=O) groups excluding carboxylic acids is 1. The molecule has 1 saturated heterocycles. The Morgan fingerprint density at radius 1 is 1.32 bits per heavy atom. The second kappa shape index (κ2) is 5.79. The number of rotatable bonds is 3. The summed E-state index contributed by atoms with van der Waals surface area (Å²) in [5.41, 5.74) is 0. The van der Waals surface area contributed by atoms with Gasteiger partial charge in [0.05, 0.1) is 5.75 Å². The predicted octanol–water partition coefficient (Wildman–Crippen LogP) is 1.49. The average molecular weight is 277 g/mol. The maximum atomic E-state index is 11.9. The first-order chi connectivity index (χ1) is 9.33. The highest BCUT2D eigenvalue weighted by atomic mass is 32.2. The number of amides is 1. The summed E-state index contributed by atoms with van der Waals surface area (Å²) in [4.78, 5) is 24.5. The molecule has 1 amide bonds. The van der Waals surface area contributed by atoms with Crippen molar-refractivity contribution in [3.63, 3.8) is 0 Å². The zero-order valence-electron chi connectivity index (χ0n) is 10.5. The van der Waals surface area contributed by atoms with Crippen LogP contribution in [-0.2, 0) is 9.53 Å². The van der Waals surface area contributed by atoms with Crippen molar-refractivity contribution in [2.45, 2.75) is 18.1 Å². The molecule has 3 aliphatic heterocycles. The fourth-order valence-corrected chi connectivity index (χ4v) is 3.23. The minimum Gasteiger partial charge on any atom is -0.381 e. The molecule has 3 aliphatic rings. The third kappa shape index (κ3) is 3.01. The lowest BCUT2D eigenvalue weighted by molar-refractivity contribution is -0.118. The lowest BCUT2D eigenvalue weighted by Gasteiger charge is -2.22. The Hall–Kier alpha value is -1.27. The van der Waals surface area contributed by atoms with E-state index in [1.165, 1.54) is 0 Å². The normalized spacial score (nSPS) is 26.9. The van der Waals surface area contributed by atoms with Gasteiger partial charge in [0.25, 0.3) is 5.91 Å². The first-order valence-electron chi connectivity index (χ1n) is 6.43. The van der Waals surface area contributed by atoms with Gasteiger partial charge in [0.2, 0.25) is 0 Å². The van der Waals surface area contributed by atoms with E-state index in [0.717, 1.165) is 26.1 Å². The van der Waals surface area contributed by atoms with E-state index in [1.807, 2.05) is 0 Å². The Labute approximate surface area is 115 Å². The number of thioether (sulfide) groups is 1. The number of amidine groups is 2. The molecule has 1 fully saturated rings. The van der Waals surface area contributed by atoms with E-state index >= 15 is 0 Å². The summed E-state index contributed by atoms with van der Waals surface area (Å²) in [6, 6.07) is 0. The molecule has 0 spiro atoms. The van der Waals surface area contributed by atoms with Crippen molar-refractivity contribution < 1.29 is 9.53 Å². The highest BCUT2D eigenvalue weighted by Crippen LogP contribution is 2.23. The van der Waals surface area contributed by atoms with E-state index in [4.69, 9.17) is 4.74 Å². The minimum absolute atomic E-state index is 0.152. The Kier molecular flexibility index (Phi) is 3.89. The van der Waals surface area contributed by atoms with Gasteiger partial charge in [-0.3, -0.25) is 4.79 Å². The number of ether oxygens (including phenoxy) is 1. The summed E-state index contributed by atoms with van der Waals surface area (Å²) in [5.74, 6) is 1.32. The van der Waals surface area contributed by atoms with E-state index in [0.29, 0.717) is 22.7 Å². The fraction of sp³-hybridized carbons (Fsp3) is 0.538. The molecule has 19 heavy (non-hydrogen) atoms. The highest BCUT2D eigenvalue weighted by molar-refractivity contribution is 8.00. The third-order valence-corrected chi connectivity index (χ3v) is 4.61. The van der Waals surface area contributed by atoms with Crippen LogP contribution in [0.2, 0.25) is 0 Å². The summed E-state index contributed by atoms with van der Waals surface area (Å²) in [7, 11) is 0. The van der Waals surface area contributed by atoms with E-state index < -0.39 is 0 Å². The van der Waals surface area contributed by atoms with Crippen LogP contribution in [0.4, 0.5) is 0 Å². The van der Waals surface area contributed by atoms with Crippen LogP contribution in [0, 0.1) is 5.92 Å². The summed E-state index contributed by atoms with van der Waals surface area (Å²) >= 11 is 1.81. The van der Waals surface area contributed by atoms with Crippen LogP contribution in [-0.4, -0.2) is 48.0 Å². The van der Waals surface area contributed by atoms with Gasteiger partial charge >= 0.3 is 0 Å². The number of carbonyl (C=O) groups is 1. The van der Waals surface area contributed by atoms with Gasteiger partial charge in [0, 0.05) is 24.7 Å². The van der Waals surface area contributed by atoms with Gasteiger partial charge in [-0.2, -0.15) is 16.8 Å². The Morgan fingerprint density at radius 2 is 2.16 bits per heavy atom. The summed E-state index contributed by atoms with van der Waals surface area (Å²) in [5, 5.41) is 0.583. The fourth-order valence-electron chi connectivity index (χ4n) is 2.19. The molecule has 0 aromatic rings. The number of dihydropyridines is 1. The van der Waals surface area contributed by atoms with E-state index in [-0.39, 0.29) is 11.8 Å². The van der Waals surface area contributed by atoms with Crippen LogP contribution in [0.15, 0.2) is 27.1 Å². The second-order valence-corrected chi connectivity index (χ2v) is 5.89. The third-order valence-electron chi connectivity index (χ3n) is 3.24. The van der Waals surface area contributed by atoms with E-state index in [2.05, 4.69) is 15.0 Å². The smallest absolute Gasteiger partial charge is 0.262 e. The molecule has 5 nitrogen and oxygen atoms in total. The van der Waals surface area contributed by atoms with Gasteiger partial charge in [-0.25, -0.2) is 9.98 Å². The van der Waals surface area contributed by atoms with Crippen molar-refractivity contribution in [1.29, 1.82) is 0 Å². The standard InChI is InChI=1S/C13H15N3O2S/c17-13-10-2-1-5-14-12(10)15-11(16-13)8-19-9-3-6-18-7-4-9/h1-2,5,9-10H,3-4,6-8H2. The lowest BCUT2D eigenvalue weighted by Crippen LogP contribution is -2.28. The Morgan fingerprint density at radius 3 is 3.00 bits per heavy atom. The van der Waals surface area contributed by atoms with Gasteiger partial charge in [0.15, 0.2) is 0 Å². The molecule has 1 unspecified atom stereocenters. The van der Waals surface area contributed by atoms with Crippen molar-refractivity contribution in [2.75, 3.05) is 19.0 Å². The molecule has 0 aliphatic carbocycles. The summed E-state index contributed by atoms with van der Waals surface area (Å²) in [6.07, 6.45) is 7.34. The largest absolute Gasteiger partial charge is 0.381 e. The number of fused-ring (bicyclic) bond motifs is 1. The van der Waals surface area contributed by atoms with Crippen molar-refractivity contribution in [1.82, 2.24) is 0 Å². The van der Waals surface area contributed by atoms with Gasteiger partial charge in [-0.05, 0) is 18.9 Å². The first kappa shape index (κ1) is 12.7. The van der Waals surface area contributed by atoms with Gasteiger partial charge in [-0.15, -0.1) is 0 Å². The Bertz CT molecular complexity index is 490. The van der Waals surface area contributed by atoms with E-state index in [9.17, 15) is 4.79 Å². The number of allylic oxidation sites excluding steroid dienone is 1. The minimum atomic E-state index is -0.373. The van der Waals surface area contributed by atoms with Crippen LogP contribution in [0.25, 0.3) is 0 Å². The lowest BCUT2D eigenvalue weighted by atomic mass is 10.0. The molecule has 0 aromatic heterocycles. The maximum Gasteiger partial charge on any atom is 0.262 e. The Balaban J connectivity index is 1.62. The molecule has 0 saturated carbocycles. The average Bonchev–Trinajstić information content (AvgIpc) is 2.46. The van der Waals surface area contributed by atoms with Gasteiger partial charge in [0.1, 0.15) is 17.6 Å². The predicted molar refractivity (Wildman–Crippen MR) is 77.3 cm³/mol. The zero-order chi connectivity index (χ0) is 13.1. The topological polar surface area (TPSA) is 63.4 Å². The molecule has 3 heterocycles. The van der Waals surface area contributed by atoms with Crippen molar-refractivity contribution in [3.05, 3.63) is 12.2 Å². The molecular formula is C13H15N3O2S. The van der Waals surface area contributed by atoms with Gasteiger partial charge < -0.3 is 4.74 Å². The van der Waals surface area contributed by atoms with Crippen molar-refractivity contribution in [3.8, 4) is 0 Å².